The van der Waals surface area contributed by atoms with Gasteiger partial charge in [0, 0.05) is 12.0 Å². The molecule has 0 radical (unpaired) electrons. The maximum atomic E-state index is 12.8. The van der Waals surface area contributed by atoms with E-state index >= 15 is 0 Å². The van der Waals surface area contributed by atoms with Gasteiger partial charge in [0.1, 0.15) is 0 Å². The second-order valence-corrected chi connectivity index (χ2v) is 3.66. The summed E-state index contributed by atoms with van der Waals surface area (Å²) in [5.41, 5.74) is -0.158. The molecule has 0 saturated heterocycles. The standard InChI is InChI=1S/C12H11F2NO3/c13-11(14)9-6-8(10(16)12(17)18)4-3-7(9)2-1-5-15/h3-4,6,10-11,16H,1-2H2,(H,17,18). The predicted molar refractivity (Wildman–Crippen MR) is 57.9 cm³/mol. The molecule has 0 bridgehead atoms. The fraction of sp³-hybridized carbons (Fsp3) is 0.333. The molecule has 0 fully saturated rings. The minimum Gasteiger partial charge on any atom is -0.479 e. The van der Waals surface area contributed by atoms with Crippen molar-refractivity contribution in [3.8, 4) is 6.07 Å². The molecular weight excluding hydrogens is 244 g/mol. The number of aryl methyl sites for hydroxylation is 1. The van der Waals surface area contributed by atoms with E-state index in [1.165, 1.54) is 12.1 Å². The van der Waals surface area contributed by atoms with Gasteiger partial charge in [0.2, 0.25) is 0 Å². The maximum absolute atomic E-state index is 12.8. The summed E-state index contributed by atoms with van der Waals surface area (Å²) in [4.78, 5) is 10.6. The number of alkyl halides is 2. The second-order valence-electron chi connectivity index (χ2n) is 3.66. The van der Waals surface area contributed by atoms with E-state index in [-0.39, 0.29) is 29.5 Å². The third-order valence-corrected chi connectivity index (χ3v) is 2.46. The lowest BCUT2D eigenvalue weighted by molar-refractivity contribution is -0.146. The molecule has 0 aliphatic heterocycles. The molecule has 1 rings (SSSR count). The van der Waals surface area contributed by atoms with Crippen molar-refractivity contribution in [3.05, 3.63) is 34.9 Å². The van der Waals surface area contributed by atoms with E-state index in [4.69, 9.17) is 10.4 Å². The molecule has 4 nitrogen and oxygen atoms in total. The highest BCUT2D eigenvalue weighted by Gasteiger charge is 2.20. The zero-order chi connectivity index (χ0) is 13.7. The van der Waals surface area contributed by atoms with Gasteiger partial charge in [-0.1, -0.05) is 12.1 Å². The highest BCUT2D eigenvalue weighted by molar-refractivity contribution is 5.74. The van der Waals surface area contributed by atoms with Gasteiger partial charge in [-0.3, -0.25) is 0 Å². The Kier molecular flexibility index (Phi) is 4.75. The number of carboxylic acids is 1. The molecule has 0 spiro atoms. The van der Waals surface area contributed by atoms with Crippen molar-refractivity contribution in [2.45, 2.75) is 25.4 Å². The van der Waals surface area contributed by atoms with Crippen molar-refractivity contribution < 1.29 is 23.8 Å². The van der Waals surface area contributed by atoms with Crippen LogP contribution in [0.4, 0.5) is 8.78 Å². The van der Waals surface area contributed by atoms with Gasteiger partial charge < -0.3 is 10.2 Å². The minimum absolute atomic E-state index is 0.0978. The number of benzene rings is 1. The van der Waals surface area contributed by atoms with Crippen LogP contribution in [0.5, 0.6) is 0 Å². The lowest BCUT2D eigenvalue weighted by Crippen LogP contribution is -2.11. The SMILES string of the molecule is N#CCCc1ccc(C(O)C(=O)O)cc1C(F)F. The number of nitriles is 1. The molecule has 0 heterocycles. The zero-order valence-electron chi connectivity index (χ0n) is 9.31. The molecule has 0 aromatic heterocycles. The summed E-state index contributed by atoms with van der Waals surface area (Å²) >= 11 is 0. The summed E-state index contributed by atoms with van der Waals surface area (Å²) in [5, 5.41) is 26.3. The lowest BCUT2D eigenvalue weighted by atomic mass is 9.98. The molecule has 0 aliphatic rings. The summed E-state index contributed by atoms with van der Waals surface area (Å²) in [5.74, 6) is -1.50. The number of aliphatic carboxylic acids is 1. The third-order valence-electron chi connectivity index (χ3n) is 2.46. The molecule has 0 aliphatic carbocycles. The van der Waals surface area contributed by atoms with Crippen LogP contribution in [0, 0.1) is 11.3 Å². The molecule has 2 N–H and O–H groups in total. The van der Waals surface area contributed by atoms with Gasteiger partial charge in [0.25, 0.3) is 6.43 Å². The molecule has 1 aromatic rings. The second kappa shape index (κ2) is 6.07. The smallest absolute Gasteiger partial charge is 0.337 e. The van der Waals surface area contributed by atoms with Gasteiger partial charge in [0.05, 0.1) is 6.07 Å². The normalized spacial score (nSPS) is 12.2. The fourth-order valence-electron chi connectivity index (χ4n) is 1.55. The average Bonchev–Trinajstić information content (AvgIpc) is 2.34. The average molecular weight is 255 g/mol. The summed E-state index contributed by atoms with van der Waals surface area (Å²) in [6.07, 6.45) is -4.34. The number of aliphatic hydroxyl groups excluding tert-OH is 1. The Hall–Kier alpha value is -2.00. The van der Waals surface area contributed by atoms with Crippen LogP contribution in [0.3, 0.4) is 0 Å². The van der Waals surface area contributed by atoms with Crippen LogP contribution in [0.2, 0.25) is 0 Å². The zero-order valence-corrected chi connectivity index (χ0v) is 9.31. The molecule has 1 unspecified atom stereocenters. The van der Waals surface area contributed by atoms with Crippen LogP contribution in [0.15, 0.2) is 18.2 Å². The highest BCUT2D eigenvalue weighted by Crippen LogP contribution is 2.27. The summed E-state index contributed by atoms with van der Waals surface area (Å²) in [7, 11) is 0. The molecule has 1 aromatic carbocycles. The first-order valence-corrected chi connectivity index (χ1v) is 5.16. The maximum Gasteiger partial charge on any atom is 0.337 e. The largest absolute Gasteiger partial charge is 0.479 e. The Balaban J connectivity index is 3.11. The van der Waals surface area contributed by atoms with E-state index in [1.807, 2.05) is 6.07 Å². The quantitative estimate of drug-likeness (QED) is 0.845. The van der Waals surface area contributed by atoms with E-state index in [9.17, 15) is 18.7 Å². The van der Waals surface area contributed by atoms with Crippen LogP contribution < -0.4 is 0 Å². The van der Waals surface area contributed by atoms with E-state index < -0.39 is 18.5 Å². The number of hydrogen-bond donors (Lipinski definition) is 2. The summed E-state index contributed by atoms with van der Waals surface area (Å²) < 4.78 is 25.6. The fourth-order valence-corrected chi connectivity index (χ4v) is 1.55. The number of aliphatic hydroxyl groups is 1. The Bertz CT molecular complexity index is 483. The number of halogens is 2. The lowest BCUT2D eigenvalue weighted by Gasteiger charge is -2.12. The number of nitrogens with zero attached hydrogens (tertiary/aromatic N) is 1. The minimum atomic E-state index is -2.78. The molecule has 1 atom stereocenters. The Morgan fingerprint density at radius 3 is 2.61 bits per heavy atom. The van der Waals surface area contributed by atoms with Crippen LogP contribution in [0.1, 0.15) is 35.6 Å². The Morgan fingerprint density at radius 1 is 1.44 bits per heavy atom. The summed E-state index contributed by atoms with van der Waals surface area (Å²) in [6, 6.07) is 5.41. The van der Waals surface area contributed by atoms with Gasteiger partial charge in [-0.25, -0.2) is 13.6 Å². The predicted octanol–water partition coefficient (Wildman–Crippen LogP) is 2.20. The number of hydrogen-bond acceptors (Lipinski definition) is 3. The highest BCUT2D eigenvalue weighted by atomic mass is 19.3. The van der Waals surface area contributed by atoms with Crippen LogP contribution in [-0.2, 0) is 11.2 Å². The summed E-state index contributed by atoms with van der Waals surface area (Å²) in [6.45, 7) is 0. The van der Waals surface area contributed by atoms with E-state index in [0.717, 1.165) is 6.07 Å². The van der Waals surface area contributed by atoms with Crippen molar-refractivity contribution in [3.63, 3.8) is 0 Å². The first-order chi connectivity index (χ1) is 8.47. The first kappa shape index (κ1) is 14.1. The Labute approximate surface area is 102 Å². The molecule has 96 valence electrons. The van der Waals surface area contributed by atoms with Crippen molar-refractivity contribution >= 4 is 5.97 Å². The van der Waals surface area contributed by atoms with Gasteiger partial charge in [-0.05, 0) is 23.6 Å². The van der Waals surface area contributed by atoms with Crippen molar-refractivity contribution in [1.82, 2.24) is 0 Å². The molecular formula is C12H11F2NO3. The van der Waals surface area contributed by atoms with Gasteiger partial charge >= 0.3 is 5.97 Å². The van der Waals surface area contributed by atoms with Crippen LogP contribution >= 0.6 is 0 Å². The van der Waals surface area contributed by atoms with Gasteiger partial charge in [-0.2, -0.15) is 5.26 Å². The van der Waals surface area contributed by atoms with E-state index in [0.29, 0.717) is 0 Å². The third kappa shape index (κ3) is 3.25. The molecule has 6 heteroatoms. The van der Waals surface area contributed by atoms with E-state index in [1.54, 1.807) is 0 Å². The molecule has 0 amide bonds. The van der Waals surface area contributed by atoms with Crippen molar-refractivity contribution in [2.75, 3.05) is 0 Å². The van der Waals surface area contributed by atoms with Crippen LogP contribution in [-0.4, -0.2) is 16.2 Å². The number of rotatable bonds is 5. The van der Waals surface area contributed by atoms with Crippen molar-refractivity contribution in [1.29, 1.82) is 5.26 Å². The first-order valence-electron chi connectivity index (χ1n) is 5.16. The topological polar surface area (TPSA) is 81.3 Å². The van der Waals surface area contributed by atoms with Gasteiger partial charge in [-0.15, -0.1) is 0 Å². The van der Waals surface area contributed by atoms with Gasteiger partial charge in [0.15, 0.2) is 6.10 Å². The van der Waals surface area contributed by atoms with Crippen molar-refractivity contribution in [2.24, 2.45) is 0 Å². The monoisotopic (exact) mass is 255 g/mol. The molecule has 18 heavy (non-hydrogen) atoms. The van der Waals surface area contributed by atoms with E-state index in [2.05, 4.69) is 0 Å². The molecule has 0 saturated carbocycles. The Morgan fingerprint density at radius 2 is 2.11 bits per heavy atom. The van der Waals surface area contributed by atoms with Crippen LogP contribution in [0.25, 0.3) is 0 Å². The number of carboxylic acid groups (broad SMARTS) is 1. The number of carbonyl (C=O) groups is 1.